The summed E-state index contributed by atoms with van der Waals surface area (Å²) in [5.41, 5.74) is 0.585. The largest absolute Gasteiger partial charge is 0.486 e. The lowest BCUT2D eigenvalue weighted by atomic mass is 10.1. The summed E-state index contributed by atoms with van der Waals surface area (Å²) in [6, 6.07) is 5.48. The third-order valence-electron chi connectivity index (χ3n) is 4.49. The number of rotatable bonds is 3. The highest BCUT2D eigenvalue weighted by atomic mass is 16.5. The van der Waals surface area contributed by atoms with E-state index in [0.29, 0.717) is 18.7 Å². The van der Waals surface area contributed by atoms with Crippen molar-refractivity contribution in [3.63, 3.8) is 0 Å². The Kier molecular flexibility index (Phi) is 3.75. The second kappa shape index (κ2) is 6.04. The Hall–Kier alpha value is -2.34. The molecule has 0 spiro atoms. The van der Waals surface area contributed by atoms with Crippen LogP contribution in [0.25, 0.3) is 0 Å². The van der Waals surface area contributed by atoms with Gasteiger partial charge in [-0.2, -0.15) is 0 Å². The number of aromatic nitrogens is 1. The molecule has 1 aliphatic heterocycles. The van der Waals surface area contributed by atoms with Crippen molar-refractivity contribution in [3.05, 3.63) is 48.7 Å². The second-order valence-electron chi connectivity index (χ2n) is 5.84. The van der Waals surface area contributed by atoms with Gasteiger partial charge in [-0.3, -0.25) is 9.78 Å². The van der Waals surface area contributed by atoms with Crippen molar-refractivity contribution in [1.29, 1.82) is 0 Å². The van der Waals surface area contributed by atoms with Gasteiger partial charge in [0.05, 0.1) is 30.7 Å². The monoisotopic (exact) mass is 314 g/mol. The van der Waals surface area contributed by atoms with Gasteiger partial charge in [0.25, 0.3) is 5.91 Å². The van der Waals surface area contributed by atoms with Gasteiger partial charge in [0.15, 0.2) is 0 Å². The molecule has 2 aromatic heterocycles. The Labute approximate surface area is 134 Å². The lowest BCUT2D eigenvalue weighted by Crippen LogP contribution is -2.54. The molecule has 6 nitrogen and oxygen atoms in total. The van der Waals surface area contributed by atoms with Gasteiger partial charge in [0, 0.05) is 12.7 Å². The van der Waals surface area contributed by atoms with Crippen LogP contribution in [0.1, 0.15) is 23.2 Å². The first kappa shape index (κ1) is 14.3. The van der Waals surface area contributed by atoms with E-state index in [-0.39, 0.29) is 24.2 Å². The highest BCUT2D eigenvalue weighted by Gasteiger charge is 2.45. The van der Waals surface area contributed by atoms with Gasteiger partial charge in [-0.05, 0) is 31.0 Å². The normalized spacial score (nSPS) is 26.8. The molecular formula is C17H18N2O4. The molecule has 3 atom stereocenters. The molecule has 3 heterocycles. The summed E-state index contributed by atoms with van der Waals surface area (Å²) in [7, 11) is 0. The van der Waals surface area contributed by atoms with E-state index >= 15 is 0 Å². The van der Waals surface area contributed by atoms with Crippen LogP contribution in [0.4, 0.5) is 0 Å². The molecule has 1 saturated heterocycles. The SMILES string of the molecule is O=C(c1ccoc1)N1CCO[C@H]2[C@H]1CC[C@H]2Oc1cccnc1. The molecule has 0 radical (unpaired) electrons. The fourth-order valence-corrected chi connectivity index (χ4v) is 3.44. The maximum absolute atomic E-state index is 12.6. The van der Waals surface area contributed by atoms with E-state index < -0.39 is 0 Å². The lowest BCUT2D eigenvalue weighted by molar-refractivity contribution is -0.0786. The van der Waals surface area contributed by atoms with Crippen LogP contribution in [0, 0.1) is 0 Å². The molecule has 0 aromatic carbocycles. The van der Waals surface area contributed by atoms with E-state index in [9.17, 15) is 4.79 Å². The number of morpholine rings is 1. The first-order chi connectivity index (χ1) is 11.3. The topological polar surface area (TPSA) is 64.8 Å². The van der Waals surface area contributed by atoms with Crippen molar-refractivity contribution in [2.24, 2.45) is 0 Å². The number of ether oxygens (including phenoxy) is 2. The second-order valence-corrected chi connectivity index (χ2v) is 5.84. The predicted octanol–water partition coefficient (Wildman–Crippen LogP) is 2.13. The Morgan fingerprint density at radius 2 is 2.30 bits per heavy atom. The van der Waals surface area contributed by atoms with Crippen molar-refractivity contribution in [3.8, 4) is 5.75 Å². The molecule has 1 aliphatic carbocycles. The Balaban J connectivity index is 1.49. The predicted molar refractivity (Wildman–Crippen MR) is 81.2 cm³/mol. The Bertz CT molecular complexity index is 658. The fraction of sp³-hybridized carbons (Fsp3) is 0.412. The van der Waals surface area contributed by atoms with Crippen LogP contribution in [-0.2, 0) is 4.74 Å². The average Bonchev–Trinajstić information content (AvgIpc) is 3.25. The van der Waals surface area contributed by atoms with E-state index in [1.807, 2.05) is 17.0 Å². The molecule has 120 valence electrons. The van der Waals surface area contributed by atoms with Crippen LogP contribution in [0.5, 0.6) is 5.75 Å². The van der Waals surface area contributed by atoms with Crippen molar-refractivity contribution < 1.29 is 18.7 Å². The number of carbonyl (C=O) groups is 1. The third kappa shape index (κ3) is 2.70. The van der Waals surface area contributed by atoms with Crippen LogP contribution in [0.2, 0.25) is 0 Å². The zero-order valence-electron chi connectivity index (χ0n) is 12.6. The summed E-state index contributed by atoms with van der Waals surface area (Å²) in [4.78, 5) is 18.6. The zero-order chi connectivity index (χ0) is 15.6. The highest BCUT2D eigenvalue weighted by molar-refractivity contribution is 5.94. The van der Waals surface area contributed by atoms with Gasteiger partial charge in [0.1, 0.15) is 24.2 Å². The Morgan fingerprint density at radius 1 is 1.35 bits per heavy atom. The van der Waals surface area contributed by atoms with Gasteiger partial charge < -0.3 is 18.8 Å². The van der Waals surface area contributed by atoms with Crippen LogP contribution in [-0.4, -0.2) is 47.2 Å². The van der Waals surface area contributed by atoms with Crippen molar-refractivity contribution >= 4 is 5.91 Å². The molecule has 23 heavy (non-hydrogen) atoms. The van der Waals surface area contributed by atoms with Gasteiger partial charge in [-0.25, -0.2) is 0 Å². The van der Waals surface area contributed by atoms with Crippen LogP contribution in [0.15, 0.2) is 47.5 Å². The quantitative estimate of drug-likeness (QED) is 0.868. The number of amides is 1. The summed E-state index contributed by atoms with van der Waals surface area (Å²) in [6.07, 6.45) is 8.01. The number of pyridine rings is 1. The number of carbonyl (C=O) groups excluding carboxylic acids is 1. The smallest absolute Gasteiger partial charge is 0.257 e. The molecule has 0 bridgehead atoms. The number of hydrogen-bond donors (Lipinski definition) is 0. The average molecular weight is 314 g/mol. The summed E-state index contributed by atoms with van der Waals surface area (Å²) in [6.45, 7) is 1.13. The molecule has 0 unspecified atom stereocenters. The van der Waals surface area contributed by atoms with Crippen molar-refractivity contribution in [1.82, 2.24) is 9.88 Å². The Morgan fingerprint density at radius 3 is 3.09 bits per heavy atom. The molecule has 1 saturated carbocycles. The van der Waals surface area contributed by atoms with Gasteiger partial charge in [0.2, 0.25) is 0 Å². The maximum Gasteiger partial charge on any atom is 0.257 e. The molecule has 1 amide bonds. The third-order valence-corrected chi connectivity index (χ3v) is 4.49. The summed E-state index contributed by atoms with van der Waals surface area (Å²) >= 11 is 0. The molecule has 2 aliphatic rings. The van der Waals surface area contributed by atoms with E-state index in [2.05, 4.69) is 4.98 Å². The van der Waals surface area contributed by atoms with E-state index in [1.165, 1.54) is 12.5 Å². The van der Waals surface area contributed by atoms with E-state index in [0.717, 1.165) is 18.6 Å². The number of nitrogens with zero attached hydrogens (tertiary/aromatic N) is 2. The number of hydrogen-bond acceptors (Lipinski definition) is 5. The zero-order valence-corrected chi connectivity index (χ0v) is 12.6. The first-order valence-corrected chi connectivity index (χ1v) is 7.84. The fourth-order valence-electron chi connectivity index (χ4n) is 3.44. The summed E-state index contributed by atoms with van der Waals surface area (Å²) in [5.74, 6) is 0.735. The molecule has 2 fully saturated rings. The summed E-state index contributed by atoms with van der Waals surface area (Å²) in [5, 5.41) is 0. The highest BCUT2D eigenvalue weighted by Crippen LogP contribution is 2.33. The molecule has 4 rings (SSSR count). The van der Waals surface area contributed by atoms with Crippen LogP contribution in [0.3, 0.4) is 0 Å². The minimum Gasteiger partial charge on any atom is -0.486 e. The molecular weight excluding hydrogens is 296 g/mol. The van der Waals surface area contributed by atoms with Crippen molar-refractivity contribution in [2.45, 2.75) is 31.1 Å². The standard InChI is InChI=1S/C17H18N2O4/c20-17(12-5-8-21-11-12)19-7-9-22-16-14(19)3-4-15(16)23-13-2-1-6-18-10-13/h1-2,5-6,8,10-11,14-16H,3-4,7,9H2/t14-,15-,16+/m1/s1. The van der Waals surface area contributed by atoms with Crippen LogP contribution >= 0.6 is 0 Å². The molecule has 6 heteroatoms. The molecule has 0 N–H and O–H groups in total. The first-order valence-electron chi connectivity index (χ1n) is 7.84. The van der Waals surface area contributed by atoms with Crippen molar-refractivity contribution in [2.75, 3.05) is 13.2 Å². The van der Waals surface area contributed by atoms with Gasteiger partial charge in [-0.1, -0.05) is 0 Å². The maximum atomic E-state index is 12.6. The van der Waals surface area contributed by atoms with E-state index in [4.69, 9.17) is 13.9 Å². The van der Waals surface area contributed by atoms with Gasteiger partial charge >= 0.3 is 0 Å². The number of furan rings is 1. The van der Waals surface area contributed by atoms with Gasteiger partial charge in [-0.15, -0.1) is 0 Å². The minimum atomic E-state index is -0.0974. The van der Waals surface area contributed by atoms with E-state index in [1.54, 1.807) is 18.5 Å². The summed E-state index contributed by atoms with van der Waals surface area (Å²) < 4.78 is 17.0. The number of fused-ring (bicyclic) bond motifs is 1. The lowest BCUT2D eigenvalue weighted by Gasteiger charge is -2.38. The minimum absolute atomic E-state index is 0.000854. The molecule has 2 aromatic rings. The van der Waals surface area contributed by atoms with Crippen LogP contribution < -0.4 is 4.74 Å².